The quantitative estimate of drug-likeness (QED) is 0.0491. The van der Waals surface area contributed by atoms with Crippen LogP contribution in [-0.4, -0.2) is 102 Å². The van der Waals surface area contributed by atoms with Gasteiger partial charge in [0.25, 0.3) is 5.69 Å². The highest BCUT2D eigenvalue weighted by molar-refractivity contribution is 7.47. The molecule has 0 saturated carbocycles. The third kappa shape index (κ3) is 12.9. The zero-order valence-electron chi connectivity index (χ0n) is 20.7. The van der Waals surface area contributed by atoms with Crippen LogP contribution in [0, 0.1) is 10.1 Å². The van der Waals surface area contributed by atoms with Crippen molar-refractivity contribution >= 4 is 66.5 Å². The molecule has 0 saturated heterocycles. The molecule has 1 aromatic carbocycles. The van der Waals surface area contributed by atoms with Gasteiger partial charge in [-0.15, -0.1) is 46.4 Å². The lowest BCUT2D eigenvalue weighted by Crippen LogP contribution is -2.35. The summed E-state index contributed by atoms with van der Waals surface area (Å²) >= 11 is 24.3. The maximum Gasteiger partial charge on any atom is 0.308 e. The van der Waals surface area contributed by atoms with Crippen LogP contribution in [0.5, 0.6) is 0 Å². The molecule has 36 heavy (non-hydrogen) atoms. The van der Waals surface area contributed by atoms with Gasteiger partial charge < -0.3 is 14.2 Å². The number of hydrogen-bond acceptors (Lipinski definition) is 8. The van der Waals surface area contributed by atoms with Crippen LogP contribution in [-0.2, 0) is 14.1 Å². The van der Waals surface area contributed by atoms with Gasteiger partial charge in [-0.2, -0.15) is 0 Å². The van der Waals surface area contributed by atoms with E-state index in [0.29, 0.717) is 61.7 Å². The van der Waals surface area contributed by atoms with Gasteiger partial charge >= 0.3 is 5.97 Å². The second-order valence-electron chi connectivity index (χ2n) is 7.94. The van der Waals surface area contributed by atoms with Crippen molar-refractivity contribution in [3.63, 3.8) is 0 Å². The van der Waals surface area contributed by atoms with Gasteiger partial charge in [-0.1, -0.05) is 0 Å². The Hall–Kier alpha value is -0.480. The number of esters is 1. The molecule has 0 N–H and O–H groups in total. The van der Waals surface area contributed by atoms with E-state index >= 15 is 0 Å². The molecule has 0 fully saturated rings. The van der Waals surface area contributed by atoms with Crippen molar-refractivity contribution in [3.05, 3.63) is 39.9 Å². The molecule has 0 heterocycles. The largest absolute Gasteiger partial charge is 0.466 e. The fourth-order valence-corrected chi connectivity index (χ4v) is 6.61. The minimum Gasteiger partial charge on any atom is -0.466 e. The third-order valence-electron chi connectivity index (χ3n) is 4.92. The molecule has 0 radical (unpaired) electrons. The number of non-ortho nitro benzene ring substituents is 1. The number of halogens is 4. The smallest absolute Gasteiger partial charge is 0.308 e. The van der Waals surface area contributed by atoms with E-state index in [9.17, 15) is 14.9 Å². The third-order valence-corrected chi connectivity index (χ3v) is 7.80. The number of ether oxygens (including phenoxy) is 1. The molecular weight excluding hydrogens is 573 g/mol. The molecule has 0 aliphatic carbocycles. The van der Waals surface area contributed by atoms with E-state index in [1.54, 1.807) is 12.1 Å². The van der Waals surface area contributed by atoms with Crippen molar-refractivity contribution in [1.29, 1.82) is 0 Å². The number of rotatable bonds is 20. The maximum absolute atomic E-state index is 12.7. The number of nitrogens with zero attached hydrogens (tertiary/aromatic N) is 4. The van der Waals surface area contributed by atoms with Crippen molar-refractivity contribution in [2.45, 2.75) is 18.9 Å². The summed E-state index contributed by atoms with van der Waals surface area (Å²) in [6.07, 6.45) is -0.0870. The van der Waals surface area contributed by atoms with Gasteiger partial charge in [0.1, 0.15) is 6.10 Å². The van der Waals surface area contributed by atoms with Gasteiger partial charge in [0, 0.05) is 68.4 Å². The van der Waals surface area contributed by atoms with Crippen molar-refractivity contribution in [2.24, 2.45) is 0 Å². The molecule has 1 unspecified atom stereocenters. The average Bonchev–Trinajstić information content (AvgIpc) is 2.84. The minimum absolute atomic E-state index is 0.0529. The zero-order chi connectivity index (χ0) is 26.9. The number of benzene rings is 1. The van der Waals surface area contributed by atoms with E-state index < -0.39 is 25.4 Å². The van der Waals surface area contributed by atoms with E-state index in [1.807, 2.05) is 28.3 Å². The van der Waals surface area contributed by atoms with Crippen LogP contribution in [0.3, 0.4) is 0 Å². The van der Waals surface area contributed by atoms with E-state index in [-0.39, 0.29) is 18.7 Å². The second-order valence-corrected chi connectivity index (χ2v) is 11.3. The number of alkyl halides is 4. The molecule has 0 aliphatic rings. The summed E-state index contributed by atoms with van der Waals surface area (Å²) in [4.78, 5) is 25.4. The summed E-state index contributed by atoms with van der Waals surface area (Å²) < 4.78 is 16.1. The fraction of sp³-hybridized carbons (Fsp3) is 0.682. The predicted octanol–water partition coefficient (Wildman–Crippen LogP) is 5.32. The van der Waals surface area contributed by atoms with Gasteiger partial charge in [-0.3, -0.25) is 14.9 Å². The maximum atomic E-state index is 12.7. The first kappa shape index (κ1) is 33.5. The van der Waals surface area contributed by atoms with Crippen LogP contribution in [0.2, 0.25) is 0 Å². The summed E-state index contributed by atoms with van der Waals surface area (Å²) in [6, 6.07) is 5.97. The van der Waals surface area contributed by atoms with E-state index in [0.717, 1.165) is 6.54 Å². The summed E-state index contributed by atoms with van der Waals surface area (Å²) in [5.41, 5.74) is 0.564. The summed E-state index contributed by atoms with van der Waals surface area (Å²) in [5.74, 6) is 0.986. The first-order chi connectivity index (χ1) is 17.3. The van der Waals surface area contributed by atoms with Gasteiger partial charge in [0.2, 0.25) is 0 Å². The molecule has 0 aromatic heterocycles. The number of carbonyl (C=O) groups is 1. The number of carbonyl (C=O) groups excluding carboxylic acids is 1. The van der Waals surface area contributed by atoms with Gasteiger partial charge in [0.05, 0.1) is 18.0 Å². The first-order valence-corrected chi connectivity index (χ1v) is 14.8. The minimum atomic E-state index is -1.47. The van der Waals surface area contributed by atoms with Gasteiger partial charge in [-0.05, 0) is 38.2 Å². The van der Waals surface area contributed by atoms with Crippen molar-refractivity contribution in [2.75, 3.05) is 76.9 Å². The fourth-order valence-electron chi connectivity index (χ4n) is 3.19. The van der Waals surface area contributed by atoms with Gasteiger partial charge in [-0.25, -0.2) is 9.34 Å². The highest BCUT2D eigenvalue weighted by atomic mass is 35.5. The topological polar surface area (TPSA) is 88.4 Å². The second kappa shape index (κ2) is 19.6. The molecule has 206 valence electrons. The number of nitro groups is 1. The Kier molecular flexibility index (Phi) is 18.2. The Labute approximate surface area is 235 Å². The molecule has 0 aliphatic heterocycles. The van der Waals surface area contributed by atoms with Crippen molar-refractivity contribution < 1.29 is 19.0 Å². The van der Waals surface area contributed by atoms with Crippen LogP contribution in [0.4, 0.5) is 5.69 Å². The Bertz CT molecular complexity index is 738. The highest BCUT2D eigenvalue weighted by Crippen LogP contribution is 2.50. The lowest BCUT2D eigenvalue weighted by molar-refractivity contribution is -0.384. The molecular formula is C22H35Cl4N4O5P. The Morgan fingerprint density at radius 3 is 1.86 bits per heavy atom. The van der Waals surface area contributed by atoms with Crippen LogP contribution >= 0.6 is 54.9 Å². The molecule has 1 aromatic rings. The predicted molar refractivity (Wildman–Crippen MR) is 149 cm³/mol. The van der Waals surface area contributed by atoms with Gasteiger partial charge in [0.15, 0.2) is 8.45 Å². The van der Waals surface area contributed by atoms with E-state index in [4.69, 9.17) is 55.7 Å². The standard InChI is InChI=1S/C22H35Cl4N4O5P/c1-27(2)12-3-17-34-22(31)18-21(19-4-6-20(7-5-19)30(32)33)35-36(28(13-8-23)14-9-24)29(15-10-25)16-11-26/h4-7,21H,3,8-18H2,1-2H3. The summed E-state index contributed by atoms with van der Waals surface area (Å²) in [5, 5.41) is 11.1. The molecule has 0 bridgehead atoms. The van der Waals surface area contributed by atoms with Crippen LogP contribution < -0.4 is 0 Å². The Morgan fingerprint density at radius 1 is 0.944 bits per heavy atom. The lowest BCUT2D eigenvalue weighted by atomic mass is 10.1. The molecule has 14 heteroatoms. The van der Waals surface area contributed by atoms with E-state index in [1.165, 1.54) is 12.1 Å². The first-order valence-electron chi connectivity index (χ1n) is 11.5. The summed E-state index contributed by atoms with van der Waals surface area (Å²) in [7, 11) is 2.43. The molecule has 9 nitrogen and oxygen atoms in total. The van der Waals surface area contributed by atoms with Crippen molar-refractivity contribution in [1.82, 2.24) is 14.2 Å². The van der Waals surface area contributed by atoms with E-state index in [2.05, 4.69) is 0 Å². The molecule has 1 rings (SSSR count). The number of hydrogen-bond donors (Lipinski definition) is 0. The SMILES string of the molecule is CN(C)CCCOC(=O)CC(OP(N(CCCl)CCCl)N(CCCl)CCCl)c1ccc([N+](=O)[O-])cc1. The molecule has 1 atom stereocenters. The van der Waals surface area contributed by atoms with Crippen molar-refractivity contribution in [3.8, 4) is 0 Å². The van der Waals surface area contributed by atoms with Crippen LogP contribution in [0.15, 0.2) is 24.3 Å². The molecule has 0 amide bonds. The Balaban J connectivity index is 3.24. The average molecular weight is 608 g/mol. The molecule has 0 spiro atoms. The normalized spacial score (nSPS) is 12.6. The zero-order valence-corrected chi connectivity index (χ0v) is 24.6. The lowest BCUT2D eigenvalue weighted by Gasteiger charge is -2.39. The Morgan fingerprint density at radius 2 is 1.44 bits per heavy atom. The van der Waals surface area contributed by atoms with Crippen LogP contribution in [0.25, 0.3) is 0 Å². The monoisotopic (exact) mass is 606 g/mol. The summed E-state index contributed by atoms with van der Waals surface area (Å²) in [6.45, 7) is 3.09. The number of nitro benzene ring substituents is 1. The van der Waals surface area contributed by atoms with Crippen LogP contribution in [0.1, 0.15) is 24.5 Å². The highest BCUT2D eigenvalue weighted by Gasteiger charge is 2.31.